The van der Waals surface area contributed by atoms with Gasteiger partial charge in [-0.05, 0) is 73.7 Å². The fraction of sp³-hybridized carbons (Fsp3) is 0.714. The molecule has 2 atom stereocenters. The Hall–Kier alpha value is -1.67. The van der Waals surface area contributed by atoms with Crippen LogP contribution in [0.1, 0.15) is 90.4 Å². The van der Waals surface area contributed by atoms with Crippen LogP contribution in [0.3, 0.4) is 0 Å². The number of carbonyl (C=O) groups excluding carboxylic acids is 2. The Bertz CT molecular complexity index is 825. The Kier molecular flexibility index (Phi) is 8.63. The van der Waals surface area contributed by atoms with Crippen molar-refractivity contribution < 1.29 is 14.3 Å². The van der Waals surface area contributed by atoms with Crippen molar-refractivity contribution in [3.63, 3.8) is 0 Å². The zero-order valence-electron chi connectivity index (χ0n) is 20.1. The van der Waals surface area contributed by atoms with Crippen LogP contribution in [0.15, 0.2) is 21.6 Å². The first-order valence-corrected chi connectivity index (χ1v) is 13.9. The molecule has 0 aromatic rings. The molecule has 0 saturated heterocycles. The van der Waals surface area contributed by atoms with Gasteiger partial charge in [0.05, 0.1) is 18.1 Å². The van der Waals surface area contributed by atoms with Crippen molar-refractivity contribution in [2.45, 2.75) is 90.4 Å². The number of esters is 1. The Labute approximate surface area is 203 Å². The molecule has 4 aliphatic rings. The van der Waals surface area contributed by atoms with Crippen LogP contribution in [0, 0.1) is 41.9 Å². The molecule has 0 bridgehead atoms. The number of fused-ring (bicyclic) bond motifs is 1. The summed E-state index contributed by atoms with van der Waals surface area (Å²) < 4.78 is 5.07. The molecule has 5 heteroatoms. The van der Waals surface area contributed by atoms with Crippen LogP contribution in [-0.2, 0) is 14.3 Å². The number of allylic oxidation sites excluding steroid dienone is 3. The molecule has 0 spiro atoms. The van der Waals surface area contributed by atoms with Gasteiger partial charge in [0.1, 0.15) is 0 Å². The third-order valence-electron chi connectivity index (χ3n) is 8.06. The molecule has 3 saturated carbocycles. The van der Waals surface area contributed by atoms with E-state index in [1.54, 1.807) is 11.8 Å². The maximum Gasteiger partial charge on any atom is 0.306 e. The van der Waals surface area contributed by atoms with Gasteiger partial charge >= 0.3 is 5.97 Å². The van der Waals surface area contributed by atoms with Gasteiger partial charge in [-0.15, -0.1) is 12.3 Å². The highest BCUT2D eigenvalue weighted by atomic mass is 32.2. The molecule has 4 nitrogen and oxygen atoms in total. The van der Waals surface area contributed by atoms with E-state index in [1.807, 2.05) is 6.92 Å². The summed E-state index contributed by atoms with van der Waals surface area (Å²) in [6.45, 7) is 2.26. The summed E-state index contributed by atoms with van der Waals surface area (Å²) in [6, 6.07) is 0. The molecule has 2 unspecified atom stereocenters. The zero-order valence-corrected chi connectivity index (χ0v) is 20.9. The number of terminal acetylenes is 1. The monoisotopic (exact) mass is 469 g/mol. The third-order valence-corrected chi connectivity index (χ3v) is 9.23. The maximum atomic E-state index is 13.3. The molecule has 0 radical (unpaired) electrons. The van der Waals surface area contributed by atoms with E-state index in [1.165, 1.54) is 55.4 Å². The minimum absolute atomic E-state index is 0.148. The summed E-state index contributed by atoms with van der Waals surface area (Å²) in [4.78, 5) is 26.2. The van der Waals surface area contributed by atoms with Crippen molar-refractivity contribution in [1.29, 1.82) is 0 Å². The van der Waals surface area contributed by atoms with E-state index in [0.29, 0.717) is 55.5 Å². The first-order valence-electron chi connectivity index (χ1n) is 13.1. The largest absolute Gasteiger partial charge is 0.466 e. The Morgan fingerprint density at radius 3 is 2.58 bits per heavy atom. The summed E-state index contributed by atoms with van der Waals surface area (Å²) in [6.07, 6.45) is 21.8. The predicted molar refractivity (Wildman–Crippen MR) is 134 cm³/mol. The topological polar surface area (TPSA) is 55.4 Å². The summed E-state index contributed by atoms with van der Waals surface area (Å²) in [5, 5.41) is 4.33. The van der Waals surface area contributed by atoms with Gasteiger partial charge in [-0.2, -0.15) is 0 Å². The first-order chi connectivity index (χ1) is 16.1. The van der Waals surface area contributed by atoms with Crippen LogP contribution in [0.5, 0.6) is 0 Å². The Balaban J connectivity index is 1.33. The highest BCUT2D eigenvalue weighted by Gasteiger charge is 2.38. The number of carbonyl (C=O) groups is 2. The van der Waals surface area contributed by atoms with Gasteiger partial charge in [-0.25, -0.2) is 0 Å². The number of hydrogen-bond acceptors (Lipinski definition) is 4. The number of nitrogens with one attached hydrogen (secondary N) is 1. The molecule has 1 heterocycles. The van der Waals surface area contributed by atoms with Crippen molar-refractivity contribution >= 4 is 23.6 Å². The minimum Gasteiger partial charge on any atom is -0.466 e. The molecule has 33 heavy (non-hydrogen) atoms. The molecule has 4 rings (SSSR count). The highest BCUT2D eigenvalue weighted by molar-refractivity contribution is 8.06. The van der Waals surface area contributed by atoms with Crippen LogP contribution in [-0.4, -0.2) is 18.5 Å². The van der Waals surface area contributed by atoms with Crippen molar-refractivity contribution in [2.24, 2.45) is 29.6 Å². The second-order valence-corrected chi connectivity index (χ2v) is 11.4. The van der Waals surface area contributed by atoms with E-state index < -0.39 is 0 Å². The lowest BCUT2D eigenvalue weighted by Crippen LogP contribution is -2.34. The van der Waals surface area contributed by atoms with Crippen LogP contribution < -0.4 is 5.32 Å². The maximum absolute atomic E-state index is 13.3. The standard InChI is InChI=1S/C28H39NO3S/c1-3-19-10-12-21(13-11-19)24(20-8-6-5-7-9-20)18-26(30)29-28-25-17-22(25)16-23(33-28)14-15-27(31)32-4-2/h1,16,19-22,24H,4-15,17-18H2,2H3,(H,29,30). The lowest BCUT2D eigenvalue weighted by atomic mass is 9.67. The number of rotatable bonds is 9. The summed E-state index contributed by atoms with van der Waals surface area (Å²) in [5.74, 6) is 5.66. The van der Waals surface area contributed by atoms with Crippen LogP contribution in [0.2, 0.25) is 0 Å². The average Bonchev–Trinajstić information content (AvgIpc) is 3.62. The molecule has 1 aliphatic heterocycles. The summed E-state index contributed by atoms with van der Waals surface area (Å²) >= 11 is 1.65. The van der Waals surface area contributed by atoms with E-state index in [2.05, 4.69) is 17.3 Å². The lowest BCUT2D eigenvalue weighted by molar-refractivity contribution is -0.143. The molecule has 1 amide bonds. The van der Waals surface area contributed by atoms with Gasteiger partial charge in [0.15, 0.2) is 0 Å². The zero-order chi connectivity index (χ0) is 23.2. The van der Waals surface area contributed by atoms with E-state index >= 15 is 0 Å². The van der Waals surface area contributed by atoms with Gasteiger partial charge in [-0.1, -0.05) is 49.9 Å². The molecule has 180 valence electrons. The van der Waals surface area contributed by atoms with Crippen molar-refractivity contribution in [3.05, 3.63) is 21.6 Å². The molecular weight excluding hydrogens is 430 g/mol. The van der Waals surface area contributed by atoms with E-state index in [0.717, 1.165) is 24.3 Å². The average molecular weight is 470 g/mol. The highest BCUT2D eigenvalue weighted by Crippen LogP contribution is 2.51. The molecule has 1 N–H and O–H groups in total. The third kappa shape index (κ3) is 6.69. The van der Waals surface area contributed by atoms with Crippen molar-refractivity contribution in [1.82, 2.24) is 5.32 Å². The second-order valence-electron chi connectivity index (χ2n) is 10.3. The molecule has 3 fully saturated rings. The van der Waals surface area contributed by atoms with Crippen LogP contribution >= 0.6 is 11.8 Å². The molecule has 0 aromatic carbocycles. The van der Waals surface area contributed by atoms with Gasteiger partial charge < -0.3 is 10.1 Å². The fourth-order valence-corrected chi connectivity index (χ4v) is 7.37. The normalized spacial score (nSPS) is 28.2. The molecular formula is C28H39NO3S. The quantitative estimate of drug-likeness (QED) is 0.316. The Morgan fingerprint density at radius 1 is 1.15 bits per heavy atom. The number of amides is 1. The van der Waals surface area contributed by atoms with E-state index in [-0.39, 0.29) is 11.9 Å². The first kappa shape index (κ1) is 24.5. The summed E-state index contributed by atoms with van der Waals surface area (Å²) in [7, 11) is 0. The van der Waals surface area contributed by atoms with Gasteiger partial charge in [-0.3, -0.25) is 9.59 Å². The van der Waals surface area contributed by atoms with Gasteiger partial charge in [0, 0.05) is 18.3 Å². The minimum atomic E-state index is -0.148. The predicted octanol–water partition coefficient (Wildman–Crippen LogP) is 6.33. The van der Waals surface area contributed by atoms with Crippen LogP contribution in [0.25, 0.3) is 0 Å². The van der Waals surface area contributed by atoms with Crippen molar-refractivity contribution in [3.8, 4) is 12.3 Å². The van der Waals surface area contributed by atoms with Crippen molar-refractivity contribution in [2.75, 3.05) is 6.61 Å². The number of thioether (sulfide) groups is 1. The summed E-state index contributed by atoms with van der Waals surface area (Å²) in [5.41, 5.74) is 1.36. The number of ether oxygens (including phenoxy) is 1. The smallest absolute Gasteiger partial charge is 0.306 e. The Morgan fingerprint density at radius 2 is 1.88 bits per heavy atom. The van der Waals surface area contributed by atoms with E-state index in [9.17, 15) is 9.59 Å². The molecule has 0 aromatic heterocycles. The van der Waals surface area contributed by atoms with E-state index in [4.69, 9.17) is 11.2 Å². The van der Waals surface area contributed by atoms with Gasteiger partial charge in [0.25, 0.3) is 0 Å². The molecule has 3 aliphatic carbocycles. The fourth-order valence-electron chi connectivity index (χ4n) is 6.14. The lowest BCUT2D eigenvalue weighted by Gasteiger charge is -2.38. The van der Waals surface area contributed by atoms with Crippen LogP contribution in [0.4, 0.5) is 0 Å². The number of hydrogen-bond donors (Lipinski definition) is 1. The SMILES string of the molecule is C#CC1CCC(C(CC(=O)NC2=C3CC3C=C(CCC(=O)OCC)S2)C2CCCCC2)CC1. The van der Waals surface area contributed by atoms with Gasteiger partial charge in [0.2, 0.25) is 5.91 Å². The second kappa shape index (κ2) is 11.6.